The first kappa shape index (κ1) is 26.4. The molecule has 1 aromatic carbocycles. The van der Waals surface area contributed by atoms with E-state index in [1.807, 2.05) is 6.92 Å². The van der Waals surface area contributed by atoms with E-state index in [4.69, 9.17) is 0 Å². The van der Waals surface area contributed by atoms with Gasteiger partial charge in [0.1, 0.15) is 12.3 Å². The van der Waals surface area contributed by atoms with Gasteiger partial charge in [-0.2, -0.15) is 0 Å². The number of aliphatic imine (C=N–C) groups is 1. The van der Waals surface area contributed by atoms with Gasteiger partial charge in [0.25, 0.3) is 0 Å². The van der Waals surface area contributed by atoms with E-state index in [0.717, 1.165) is 26.1 Å². The van der Waals surface area contributed by atoms with Gasteiger partial charge in [0.15, 0.2) is 5.96 Å². The summed E-state index contributed by atoms with van der Waals surface area (Å²) in [4.78, 5) is 18.8. The van der Waals surface area contributed by atoms with Crippen molar-refractivity contribution in [2.45, 2.75) is 53.1 Å². The first-order valence-electron chi connectivity index (χ1n) is 9.70. The van der Waals surface area contributed by atoms with Gasteiger partial charge in [-0.1, -0.05) is 0 Å². The highest BCUT2D eigenvalue weighted by molar-refractivity contribution is 14.0. The van der Waals surface area contributed by atoms with Crippen LogP contribution < -0.4 is 16.0 Å². The molecule has 1 amide bonds. The number of hydrogen-bond acceptors (Lipinski definition) is 4. The summed E-state index contributed by atoms with van der Waals surface area (Å²) < 4.78 is 0. The Morgan fingerprint density at radius 2 is 1.71 bits per heavy atom. The van der Waals surface area contributed by atoms with Crippen LogP contribution in [0.2, 0.25) is 0 Å². The molecule has 0 spiro atoms. The molecule has 0 saturated heterocycles. The second-order valence-corrected chi connectivity index (χ2v) is 7.00. The third kappa shape index (κ3) is 10.7. The Bertz CT molecular complexity index is 583. The number of guanidine groups is 1. The van der Waals surface area contributed by atoms with Crippen LogP contribution in [0.15, 0.2) is 29.3 Å². The molecule has 1 aromatic rings. The van der Waals surface area contributed by atoms with Crippen LogP contribution in [0.1, 0.15) is 41.0 Å². The topological polar surface area (TPSA) is 89.0 Å². The van der Waals surface area contributed by atoms with E-state index in [-0.39, 0.29) is 42.2 Å². The van der Waals surface area contributed by atoms with Crippen LogP contribution in [-0.2, 0) is 4.79 Å². The maximum absolute atomic E-state index is 12.0. The van der Waals surface area contributed by atoms with Crippen molar-refractivity contribution in [3.05, 3.63) is 24.3 Å². The molecular formula is C20H36IN5O2. The number of anilines is 1. The normalized spacial score (nSPS) is 11.5. The summed E-state index contributed by atoms with van der Waals surface area (Å²) >= 11 is 0. The minimum atomic E-state index is -0.205. The van der Waals surface area contributed by atoms with E-state index in [1.165, 1.54) is 12.1 Å². The zero-order valence-corrected chi connectivity index (χ0v) is 20.0. The predicted molar refractivity (Wildman–Crippen MR) is 128 cm³/mol. The highest BCUT2D eigenvalue weighted by Gasteiger charge is 2.12. The molecular weight excluding hydrogens is 469 g/mol. The van der Waals surface area contributed by atoms with Gasteiger partial charge in [-0.05, 0) is 65.3 Å². The van der Waals surface area contributed by atoms with E-state index in [9.17, 15) is 9.90 Å². The molecule has 1 rings (SSSR count). The zero-order valence-electron chi connectivity index (χ0n) is 17.7. The van der Waals surface area contributed by atoms with Gasteiger partial charge < -0.3 is 21.1 Å². The number of phenols is 1. The smallest absolute Gasteiger partial charge is 0.246 e. The van der Waals surface area contributed by atoms with Crippen LogP contribution in [0.25, 0.3) is 0 Å². The lowest BCUT2D eigenvalue weighted by Crippen LogP contribution is -2.41. The van der Waals surface area contributed by atoms with Gasteiger partial charge >= 0.3 is 0 Å². The molecule has 7 nitrogen and oxygen atoms in total. The van der Waals surface area contributed by atoms with Gasteiger partial charge in [0, 0.05) is 37.4 Å². The Labute approximate surface area is 186 Å². The molecule has 0 saturated carbocycles. The fourth-order valence-corrected chi connectivity index (χ4v) is 2.82. The lowest BCUT2D eigenvalue weighted by atomic mass is 10.2. The molecule has 0 radical (unpaired) electrons. The van der Waals surface area contributed by atoms with Crippen molar-refractivity contribution in [1.82, 2.24) is 15.5 Å². The van der Waals surface area contributed by atoms with Crippen LogP contribution in [-0.4, -0.2) is 60.1 Å². The molecule has 0 atom stereocenters. The van der Waals surface area contributed by atoms with E-state index in [0.29, 0.717) is 23.7 Å². The van der Waals surface area contributed by atoms with Crippen molar-refractivity contribution in [3.8, 4) is 5.75 Å². The number of nitrogens with zero attached hydrogens (tertiary/aromatic N) is 2. The molecule has 0 bridgehead atoms. The Morgan fingerprint density at radius 1 is 1.11 bits per heavy atom. The maximum atomic E-state index is 12.0. The highest BCUT2D eigenvalue weighted by Crippen LogP contribution is 2.13. The Balaban J connectivity index is 0.00000729. The van der Waals surface area contributed by atoms with Crippen LogP contribution in [0.5, 0.6) is 5.75 Å². The average molecular weight is 505 g/mol. The molecule has 0 fully saturated rings. The highest BCUT2D eigenvalue weighted by atomic mass is 127. The molecule has 0 aromatic heterocycles. The van der Waals surface area contributed by atoms with Crippen LogP contribution >= 0.6 is 24.0 Å². The molecule has 160 valence electrons. The molecule has 0 aliphatic carbocycles. The van der Waals surface area contributed by atoms with Crippen molar-refractivity contribution in [2.75, 3.05) is 31.5 Å². The van der Waals surface area contributed by atoms with Gasteiger partial charge in [0.05, 0.1) is 0 Å². The third-order valence-electron chi connectivity index (χ3n) is 4.09. The molecule has 8 heteroatoms. The Morgan fingerprint density at radius 3 is 2.25 bits per heavy atom. The molecule has 28 heavy (non-hydrogen) atoms. The first-order chi connectivity index (χ1) is 12.8. The van der Waals surface area contributed by atoms with Crippen molar-refractivity contribution in [2.24, 2.45) is 4.99 Å². The minimum absolute atomic E-state index is 0. The molecule has 0 unspecified atom stereocenters. The summed E-state index contributed by atoms with van der Waals surface area (Å²) in [7, 11) is 0. The summed E-state index contributed by atoms with van der Waals surface area (Å²) in [5, 5.41) is 18.5. The molecule has 0 aliphatic heterocycles. The van der Waals surface area contributed by atoms with Gasteiger partial charge in [0.2, 0.25) is 5.91 Å². The van der Waals surface area contributed by atoms with Crippen LogP contribution in [0.3, 0.4) is 0 Å². The quantitative estimate of drug-likeness (QED) is 0.129. The molecule has 0 heterocycles. The number of hydrogen-bond donors (Lipinski definition) is 4. The monoisotopic (exact) mass is 505 g/mol. The lowest BCUT2D eigenvalue weighted by molar-refractivity contribution is -0.114. The number of carbonyl (C=O) groups is 1. The standard InChI is InChI=1S/C20H35N5O2.HI/c1-6-21-20(22-12-7-13-25(15(2)3)16(4)5)23-14-19(27)24-17-8-10-18(26)11-9-17;/h8-11,15-16,26H,6-7,12-14H2,1-5H3,(H,24,27)(H2,21,22,23);1H. The van der Waals surface area contributed by atoms with Crippen LogP contribution in [0.4, 0.5) is 5.69 Å². The Hall–Kier alpha value is -1.55. The second kappa shape index (κ2) is 14.4. The summed E-state index contributed by atoms with van der Waals surface area (Å²) in [5.41, 5.74) is 0.633. The van der Waals surface area contributed by atoms with Crippen molar-refractivity contribution >= 4 is 41.5 Å². The predicted octanol–water partition coefficient (Wildman–Crippen LogP) is 3.01. The van der Waals surface area contributed by atoms with Gasteiger partial charge in [-0.15, -0.1) is 24.0 Å². The van der Waals surface area contributed by atoms with Crippen LogP contribution in [0, 0.1) is 0 Å². The summed E-state index contributed by atoms with van der Waals surface area (Å²) in [5.74, 6) is 0.598. The largest absolute Gasteiger partial charge is 0.508 e. The van der Waals surface area contributed by atoms with E-state index in [2.05, 4.69) is 53.5 Å². The lowest BCUT2D eigenvalue weighted by Gasteiger charge is -2.30. The number of aromatic hydroxyl groups is 1. The van der Waals surface area contributed by atoms with E-state index >= 15 is 0 Å². The summed E-state index contributed by atoms with van der Waals surface area (Å²) in [6.45, 7) is 13.4. The SMILES string of the molecule is CCNC(=NCC(=O)Nc1ccc(O)cc1)NCCCN(C(C)C)C(C)C.I. The number of carbonyl (C=O) groups excluding carboxylic acids is 1. The van der Waals surface area contributed by atoms with Gasteiger partial charge in [-0.25, -0.2) is 4.99 Å². The van der Waals surface area contributed by atoms with E-state index < -0.39 is 0 Å². The van der Waals surface area contributed by atoms with Crippen molar-refractivity contribution < 1.29 is 9.90 Å². The first-order valence-corrected chi connectivity index (χ1v) is 9.70. The number of phenolic OH excluding ortho intramolecular Hbond substituents is 1. The third-order valence-corrected chi connectivity index (χ3v) is 4.09. The number of nitrogens with one attached hydrogen (secondary N) is 3. The number of halogens is 1. The molecule has 4 N–H and O–H groups in total. The molecule has 0 aliphatic rings. The fraction of sp³-hybridized carbons (Fsp3) is 0.600. The number of rotatable bonds is 10. The van der Waals surface area contributed by atoms with Crippen molar-refractivity contribution in [1.29, 1.82) is 0 Å². The fourth-order valence-electron chi connectivity index (χ4n) is 2.82. The second-order valence-electron chi connectivity index (χ2n) is 7.00. The minimum Gasteiger partial charge on any atom is -0.508 e. The number of amides is 1. The zero-order chi connectivity index (χ0) is 20.2. The Kier molecular flexibility index (Phi) is 13.6. The number of benzene rings is 1. The van der Waals surface area contributed by atoms with Gasteiger partial charge in [-0.3, -0.25) is 9.69 Å². The summed E-state index contributed by atoms with van der Waals surface area (Å²) in [6.07, 6.45) is 1.00. The van der Waals surface area contributed by atoms with Crippen molar-refractivity contribution in [3.63, 3.8) is 0 Å². The summed E-state index contributed by atoms with van der Waals surface area (Å²) in [6, 6.07) is 7.40. The van der Waals surface area contributed by atoms with E-state index in [1.54, 1.807) is 12.1 Å². The maximum Gasteiger partial charge on any atom is 0.246 e. The average Bonchev–Trinajstić information content (AvgIpc) is 2.60.